The fourth-order valence-electron chi connectivity index (χ4n) is 2.91. The van der Waals surface area contributed by atoms with Gasteiger partial charge >= 0.3 is 0 Å². The van der Waals surface area contributed by atoms with Crippen molar-refractivity contribution in [1.82, 2.24) is 5.43 Å². The Hall–Kier alpha value is -5.00. The highest BCUT2D eigenvalue weighted by Gasteiger charge is 2.16. The summed E-state index contributed by atoms with van der Waals surface area (Å²) in [6, 6.07) is 14.0. The lowest BCUT2D eigenvalue weighted by atomic mass is 10.1. The van der Waals surface area contributed by atoms with Gasteiger partial charge in [0.1, 0.15) is 12.4 Å². The van der Waals surface area contributed by atoms with E-state index >= 15 is 0 Å². The van der Waals surface area contributed by atoms with Gasteiger partial charge in [-0.1, -0.05) is 0 Å². The maximum atomic E-state index is 12.2. The molecule has 0 aromatic heterocycles. The summed E-state index contributed by atoms with van der Waals surface area (Å²) >= 11 is 0. The van der Waals surface area contributed by atoms with Crippen LogP contribution in [0.25, 0.3) is 0 Å². The number of amides is 1. The predicted molar refractivity (Wildman–Crippen MR) is 125 cm³/mol. The second-order valence-corrected chi connectivity index (χ2v) is 7.01. The molecule has 35 heavy (non-hydrogen) atoms. The Morgan fingerprint density at radius 3 is 2.31 bits per heavy atom. The molecule has 0 spiro atoms. The van der Waals surface area contributed by atoms with Crippen molar-refractivity contribution in [2.24, 2.45) is 5.10 Å². The number of benzene rings is 3. The first kappa shape index (κ1) is 24.6. The van der Waals surface area contributed by atoms with Gasteiger partial charge in [0, 0.05) is 24.3 Å². The molecule has 0 aliphatic carbocycles. The molecule has 0 saturated carbocycles. The molecule has 0 heterocycles. The molecule has 180 valence electrons. The van der Waals surface area contributed by atoms with Gasteiger partial charge in [-0.15, -0.1) is 0 Å². The highest BCUT2D eigenvalue weighted by molar-refractivity contribution is 5.98. The molecule has 0 fully saturated rings. The summed E-state index contributed by atoms with van der Waals surface area (Å²) in [7, 11) is 0. The van der Waals surface area contributed by atoms with Crippen molar-refractivity contribution in [2.45, 2.75) is 13.5 Å². The number of nitrogens with one attached hydrogen (secondary N) is 1. The summed E-state index contributed by atoms with van der Waals surface area (Å²) in [5.41, 5.74) is 2.85. The van der Waals surface area contributed by atoms with E-state index in [1.807, 2.05) is 0 Å². The maximum Gasteiger partial charge on any atom is 0.275 e. The number of aromatic hydroxyl groups is 1. The predicted octanol–water partition coefficient (Wildman–Crippen LogP) is 3.95. The first-order chi connectivity index (χ1) is 16.8. The summed E-state index contributed by atoms with van der Waals surface area (Å²) < 4.78 is 11.4. The number of phenolic OH excluding ortho intramolecular Hbond substituents is 1. The number of non-ortho nitro benzene ring substituents is 2. The van der Waals surface area contributed by atoms with Gasteiger partial charge in [0.05, 0.1) is 28.2 Å². The van der Waals surface area contributed by atoms with Crippen molar-refractivity contribution in [3.63, 3.8) is 0 Å². The standard InChI is InChI=1S/C23H20N4O8/c1-2-34-22-11-16(5-10-21(22)35-14-15-3-6-17(7-4-15)26(30)31)13-24-25-23(29)19-12-18(27(32)33)8-9-20(19)28/h3-13,28H,2,14H2,1H3,(H,25,29)/b24-13+. The van der Waals surface area contributed by atoms with E-state index in [2.05, 4.69) is 10.5 Å². The molecule has 1 amide bonds. The van der Waals surface area contributed by atoms with Crippen molar-refractivity contribution in [2.75, 3.05) is 6.61 Å². The van der Waals surface area contributed by atoms with Crippen LogP contribution in [0, 0.1) is 20.2 Å². The van der Waals surface area contributed by atoms with Crippen molar-refractivity contribution in [3.05, 3.63) is 97.6 Å². The van der Waals surface area contributed by atoms with Gasteiger partial charge in [0.25, 0.3) is 17.3 Å². The average molecular weight is 480 g/mol. The first-order valence-electron chi connectivity index (χ1n) is 10.2. The smallest absolute Gasteiger partial charge is 0.275 e. The van der Waals surface area contributed by atoms with Crippen molar-refractivity contribution >= 4 is 23.5 Å². The number of hydrogen-bond donors (Lipinski definition) is 2. The number of rotatable bonds is 10. The molecule has 2 N–H and O–H groups in total. The minimum Gasteiger partial charge on any atom is -0.507 e. The minimum absolute atomic E-state index is 0.0137. The number of nitro benzene ring substituents is 2. The van der Waals surface area contributed by atoms with Gasteiger partial charge in [0.15, 0.2) is 11.5 Å². The van der Waals surface area contributed by atoms with Crippen LogP contribution in [-0.2, 0) is 6.61 Å². The highest BCUT2D eigenvalue weighted by atomic mass is 16.6. The van der Waals surface area contributed by atoms with Crippen LogP contribution in [-0.4, -0.2) is 33.7 Å². The molecule has 12 nitrogen and oxygen atoms in total. The van der Waals surface area contributed by atoms with Crippen LogP contribution in [0.15, 0.2) is 65.8 Å². The molecule has 0 aliphatic rings. The fourth-order valence-corrected chi connectivity index (χ4v) is 2.91. The third-order valence-electron chi connectivity index (χ3n) is 4.62. The Labute approximate surface area is 198 Å². The molecule has 3 aromatic carbocycles. The van der Waals surface area contributed by atoms with Gasteiger partial charge in [0.2, 0.25) is 0 Å². The number of nitrogens with zero attached hydrogens (tertiary/aromatic N) is 3. The summed E-state index contributed by atoms with van der Waals surface area (Å²) in [5.74, 6) is -0.388. The Kier molecular flexibility index (Phi) is 7.90. The van der Waals surface area contributed by atoms with Gasteiger partial charge < -0.3 is 14.6 Å². The zero-order valence-electron chi connectivity index (χ0n) is 18.4. The minimum atomic E-state index is -0.824. The zero-order chi connectivity index (χ0) is 25.4. The third kappa shape index (κ3) is 6.51. The van der Waals surface area contributed by atoms with E-state index < -0.39 is 21.5 Å². The van der Waals surface area contributed by atoms with Crippen molar-refractivity contribution in [1.29, 1.82) is 0 Å². The highest BCUT2D eigenvalue weighted by Crippen LogP contribution is 2.29. The van der Waals surface area contributed by atoms with Crippen LogP contribution in [0.3, 0.4) is 0 Å². The average Bonchev–Trinajstić information content (AvgIpc) is 2.84. The second-order valence-electron chi connectivity index (χ2n) is 7.01. The van der Waals surface area contributed by atoms with Crippen LogP contribution >= 0.6 is 0 Å². The summed E-state index contributed by atoms with van der Waals surface area (Å²) in [4.78, 5) is 32.7. The number of phenols is 1. The van der Waals surface area contributed by atoms with E-state index in [-0.39, 0.29) is 23.5 Å². The first-order valence-corrected chi connectivity index (χ1v) is 10.2. The third-order valence-corrected chi connectivity index (χ3v) is 4.62. The molecule has 0 aliphatic heterocycles. The van der Waals surface area contributed by atoms with Crippen molar-refractivity contribution in [3.8, 4) is 17.2 Å². The molecule has 3 aromatic rings. The SMILES string of the molecule is CCOc1cc(/C=N/NC(=O)c2cc([N+](=O)[O-])ccc2O)ccc1OCc1ccc([N+](=O)[O-])cc1. The number of ether oxygens (including phenoxy) is 2. The molecule has 0 unspecified atom stereocenters. The molecular formula is C23H20N4O8. The lowest BCUT2D eigenvalue weighted by molar-refractivity contribution is -0.385. The molecule has 0 saturated heterocycles. The molecule has 0 bridgehead atoms. The fraction of sp³-hybridized carbons (Fsp3) is 0.130. The maximum absolute atomic E-state index is 12.2. The Morgan fingerprint density at radius 2 is 1.66 bits per heavy atom. The van der Waals surface area contributed by atoms with Gasteiger partial charge in [-0.3, -0.25) is 25.0 Å². The lowest BCUT2D eigenvalue weighted by Crippen LogP contribution is -2.18. The van der Waals surface area contributed by atoms with E-state index in [4.69, 9.17) is 9.47 Å². The summed E-state index contributed by atoms with van der Waals surface area (Å²) in [5, 5.41) is 35.3. The van der Waals surface area contributed by atoms with Gasteiger partial charge in [-0.25, -0.2) is 5.43 Å². The molecular weight excluding hydrogens is 460 g/mol. The molecule has 0 radical (unpaired) electrons. The summed E-state index contributed by atoms with van der Waals surface area (Å²) in [6.45, 7) is 2.32. The quantitative estimate of drug-likeness (QED) is 0.250. The Bertz CT molecular complexity index is 1280. The second kappa shape index (κ2) is 11.2. The van der Waals surface area contributed by atoms with Crippen LogP contribution in [0.5, 0.6) is 17.2 Å². The number of hydrazone groups is 1. The number of hydrogen-bond acceptors (Lipinski definition) is 9. The summed E-state index contributed by atoms with van der Waals surface area (Å²) in [6.07, 6.45) is 1.33. The van der Waals surface area contributed by atoms with Crippen LogP contribution in [0.1, 0.15) is 28.4 Å². The Balaban J connectivity index is 1.67. The van der Waals surface area contributed by atoms with E-state index in [9.17, 15) is 30.1 Å². The lowest BCUT2D eigenvalue weighted by Gasteiger charge is -2.12. The molecule has 0 atom stereocenters. The normalized spacial score (nSPS) is 10.7. The Morgan fingerprint density at radius 1 is 0.971 bits per heavy atom. The molecule has 12 heteroatoms. The van der Waals surface area contributed by atoms with E-state index in [1.165, 1.54) is 18.3 Å². The van der Waals surface area contributed by atoms with Crippen molar-refractivity contribution < 1.29 is 29.2 Å². The van der Waals surface area contributed by atoms with E-state index in [1.54, 1.807) is 37.3 Å². The number of nitro groups is 2. The van der Waals surface area contributed by atoms with E-state index in [0.717, 1.165) is 23.8 Å². The monoisotopic (exact) mass is 480 g/mol. The van der Waals surface area contributed by atoms with Crippen LogP contribution in [0.4, 0.5) is 11.4 Å². The molecule has 3 rings (SSSR count). The zero-order valence-corrected chi connectivity index (χ0v) is 18.4. The van der Waals surface area contributed by atoms with Gasteiger partial charge in [-0.05, 0) is 54.4 Å². The topological polar surface area (TPSA) is 166 Å². The van der Waals surface area contributed by atoms with E-state index in [0.29, 0.717) is 23.7 Å². The largest absolute Gasteiger partial charge is 0.507 e. The van der Waals surface area contributed by atoms with Crippen LogP contribution < -0.4 is 14.9 Å². The van der Waals surface area contributed by atoms with Crippen LogP contribution in [0.2, 0.25) is 0 Å². The number of carbonyl (C=O) groups is 1. The van der Waals surface area contributed by atoms with Gasteiger partial charge in [-0.2, -0.15) is 5.10 Å². The number of carbonyl (C=O) groups excluding carboxylic acids is 1.